The Balaban J connectivity index is 1.28. The molecule has 1 aliphatic rings. The average Bonchev–Trinajstić information content (AvgIpc) is 3.72. The Morgan fingerprint density at radius 2 is 1.76 bits per heavy atom. The highest BCUT2D eigenvalue weighted by atomic mass is 35.5. The van der Waals surface area contributed by atoms with E-state index in [0.717, 1.165) is 12.0 Å². The Morgan fingerprint density at radius 3 is 2.43 bits per heavy atom. The van der Waals surface area contributed by atoms with E-state index in [4.69, 9.17) is 32.9 Å². The minimum Gasteiger partial charge on any atom is -0.481 e. The normalized spacial score (nSPS) is 15.0. The second-order valence-electron chi connectivity index (χ2n) is 11.9. The maximum Gasteiger partial charge on any atom is 0.320 e. The largest absolute Gasteiger partial charge is 0.481 e. The number of methoxy groups -OCH3 is 1. The van der Waals surface area contributed by atoms with Gasteiger partial charge >= 0.3 is 5.97 Å². The third-order valence-electron chi connectivity index (χ3n) is 8.67. The number of aliphatic carboxylic acids is 1. The Morgan fingerprint density at radius 1 is 1.06 bits per heavy atom. The summed E-state index contributed by atoms with van der Waals surface area (Å²) >= 11 is 14.1. The van der Waals surface area contributed by atoms with Gasteiger partial charge in [-0.25, -0.2) is 9.50 Å². The predicted octanol–water partition coefficient (Wildman–Crippen LogP) is 4.68. The summed E-state index contributed by atoms with van der Waals surface area (Å²) in [6.45, 7) is 2.80. The Hall–Kier alpha value is -4.75. The molecule has 6 rings (SSSR count). The molecule has 254 valence electrons. The van der Waals surface area contributed by atoms with Gasteiger partial charge in [0.1, 0.15) is 17.4 Å². The Kier molecular flexibility index (Phi) is 10.0. The van der Waals surface area contributed by atoms with Crippen LogP contribution in [0.25, 0.3) is 39.0 Å². The number of hydrogen-bond acceptors (Lipinski definition) is 8. The van der Waals surface area contributed by atoms with Gasteiger partial charge in [0.05, 0.1) is 29.4 Å². The first-order valence-electron chi connectivity index (χ1n) is 15.7. The van der Waals surface area contributed by atoms with E-state index in [1.165, 1.54) is 16.0 Å². The van der Waals surface area contributed by atoms with Crippen molar-refractivity contribution in [1.29, 1.82) is 0 Å². The lowest BCUT2D eigenvalue weighted by Gasteiger charge is -2.15. The standard InChI is InChI=1S/C35H35Cl2N7O5/c1-19(35(47)48)39-17-29-42-44-18-21(14-28(44)34(46)43(29)2)23-6-4-7-24(31(23)36)25-8-5-9-26(32(25)37)27-12-10-20(33(41-27)49-3)15-38-16-22-11-13-30(45)40-22/h4-10,12,14,18-19,22,38-39H,11,13,15-17H2,1-3H3,(H,40,45)(H,47,48)/t19?,22-/m0/s1. The molecule has 1 fully saturated rings. The van der Waals surface area contributed by atoms with Crippen molar-refractivity contribution in [3.8, 4) is 39.4 Å². The number of carbonyl (C=O) groups excluding carboxylic acids is 1. The van der Waals surface area contributed by atoms with Gasteiger partial charge in [0.25, 0.3) is 5.56 Å². The summed E-state index contributed by atoms with van der Waals surface area (Å²) in [6, 6.07) is 16.2. The van der Waals surface area contributed by atoms with Crippen LogP contribution in [-0.2, 0) is 29.7 Å². The summed E-state index contributed by atoms with van der Waals surface area (Å²) in [5.41, 5.74) is 5.03. The number of ether oxygens (including phenoxy) is 1. The summed E-state index contributed by atoms with van der Waals surface area (Å²) in [5, 5.41) is 23.9. The second kappa shape index (κ2) is 14.4. The molecule has 4 heterocycles. The number of halogens is 2. The zero-order chi connectivity index (χ0) is 34.8. The number of fused-ring (bicyclic) bond motifs is 1. The average molecular weight is 705 g/mol. The molecular formula is C35H35Cl2N7O5. The monoisotopic (exact) mass is 703 g/mol. The molecule has 3 aromatic heterocycles. The van der Waals surface area contributed by atoms with Crippen LogP contribution in [-0.4, -0.2) is 61.9 Å². The van der Waals surface area contributed by atoms with E-state index in [1.54, 1.807) is 26.4 Å². The molecule has 12 nitrogen and oxygen atoms in total. The summed E-state index contributed by atoms with van der Waals surface area (Å²) in [7, 11) is 3.17. The van der Waals surface area contributed by atoms with E-state index in [-0.39, 0.29) is 24.1 Å². The molecule has 1 unspecified atom stereocenters. The number of carboxylic acids is 1. The van der Waals surface area contributed by atoms with Crippen LogP contribution in [0.4, 0.5) is 0 Å². The molecule has 0 spiro atoms. The Labute approximate surface area is 292 Å². The number of aromatic nitrogens is 4. The summed E-state index contributed by atoms with van der Waals surface area (Å²) < 4.78 is 8.51. The fourth-order valence-corrected chi connectivity index (χ4v) is 6.51. The molecule has 0 bridgehead atoms. The highest BCUT2D eigenvalue weighted by Crippen LogP contribution is 2.42. The van der Waals surface area contributed by atoms with Gasteiger partial charge < -0.3 is 20.5 Å². The molecule has 2 atom stereocenters. The van der Waals surface area contributed by atoms with Crippen molar-refractivity contribution < 1.29 is 19.4 Å². The summed E-state index contributed by atoms with van der Waals surface area (Å²) in [4.78, 5) is 40.7. The van der Waals surface area contributed by atoms with Crippen LogP contribution in [0.1, 0.15) is 31.2 Å². The minimum atomic E-state index is -1.000. The van der Waals surface area contributed by atoms with Gasteiger partial charge in [-0.05, 0) is 25.5 Å². The molecule has 0 aliphatic carbocycles. The second-order valence-corrected chi connectivity index (χ2v) is 12.7. The van der Waals surface area contributed by atoms with E-state index < -0.39 is 12.0 Å². The molecule has 5 aromatic rings. The lowest BCUT2D eigenvalue weighted by atomic mass is 9.97. The van der Waals surface area contributed by atoms with Crippen molar-refractivity contribution >= 4 is 40.6 Å². The summed E-state index contributed by atoms with van der Waals surface area (Å²) in [6.07, 6.45) is 3.10. The highest BCUT2D eigenvalue weighted by Gasteiger charge is 2.21. The van der Waals surface area contributed by atoms with Crippen molar-refractivity contribution in [3.63, 3.8) is 0 Å². The number of rotatable bonds is 12. The number of carboxylic acid groups (broad SMARTS) is 1. The lowest BCUT2D eigenvalue weighted by molar-refractivity contribution is -0.139. The van der Waals surface area contributed by atoms with Crippen LogP contribution in [0.5, 0.6) is 5.88 Å². The van der Waals surface area contributed by atoms with Crippen LogP contribution in [0.2, 0.25) is 10.0 Å². The van der Waals surface area contributed by atoms with Crippen molar-refractivity contribution in [2.75, 3.05) is 13.7 Å². The third-order valence-corrected chi connectivity index (χ3v) is 9.48. The maximum absolute atomic E-state index is 13.2. The fourth-order valence-electron chi connectivity index (χ4n) is 5.85. The van der Waals surface area contributed by atoms with Crippen molar-refractivity contribution in [2.24, 2.45) is 7.05 Å². The predicted molar refractivity (Wildman–Crippen MR) is 188 cm³/mol. The van der Waals surface area contributed by atoms with Gasteiger partial charge in [0.2, 0.25) is 11.8 Å². The van der Waals surface area contributed by atoms with E-state index in [1.807, 2.05) is 48.5 Å². The zero-order valence-corrected chi connectivity index (χ0v) is 28.6. The molecule has 1 aliphatic heterocycles. The van der Waals surface area contributed by atoms with E-state index in [2.05, 4.69) is 21.0 Å². The first-order chi connectivity index (χ1) is 23.5. The number of pyridine rings is 1. The Bertz CT molecular complexity index is 2130. The van der Waals surface area contributed by atoms with Crippen molar-refractivity contribution in [1.82, 2.24) is 35.1 Å². The van der Waals surface area contributed by atoms with E-state index in [9.17, 15) is 19.5 Å². The first kappa shape index (κ1) is 34.1. The minimum absolute atomic E-state index is 0.0829. The van der Waals surface area contributed by atoms with Crippen LogP contribution < -0.4 is 26.2 Å². The van der Waals surface area contributed by atoms with Crippen molar-refractivity contribution in [2.45, 2.75) is 44.9 Å². The number of hydrogen-bond donors (Lipinski definition) is 4. The highest BCUT2D eigenvalue weighted by molar-refractivity contribution is 6.39. The van der Waals surface area contributed by atoms with E-state index >= 15 is 0 Å². The maximum atomic E-state index is 13.2. The third kappa shape index (κ3) is 7.04. The van der Waals surface area contributed by atoms with Crippen LogP contribution in [0, 0.1) is 0 Å². The van der Waals surface area contributed by atoms with Gasteiger partial charge in [0, 0.05) is 72.2 Å². The SMILES string of the molecule is COc1nc(-c2cccc(-c3cccc(-c4cc5c(=O)n(C)c(CNC(C)C(=O)O)nn5c4)c3Cl)c2Cl)ccc1CNC[C@@H]1CCC(=O)N1. The van der Waals surface area contributed by atoms with Gasteiger partial charge in [-0.1, -0.05) is 65.7 Å². The molecule has 14 heteroatoms. The molecule has 0 radical (unpaired) electrons. The van der Waals surface area contributed by atoms with Crippen LogP contribution in [0.15, 0.2) is 65.6 Å². The lowest BCUT2D eigenvalue weighted by Crippen LogP contribution is -2.36. The number of benzene rings is 2. The topological polar surface area (TPSA) is 152 Å². The number of nitrogens with zero attached hydrogens (tertiary/aromatic N) is 4. The molecule has 0 saturated carbocycles. The quantitative estimate of drug-likeness (QED) is 0.145. The van der Waals surface area contributed by atoms with Crippen LogP contribution in [0.3, 0.4) is 0 Å². The molecule has 4 N–H and O–H groups in total. The molecular weight excluding hydrogens is 669 g/mol. The fraction of sp³-hybridized carbons (Fsp3) is 0.286. The van der Waals surface area contributed by atoms with Crippen LogP contribution >= 0.6 is 23.2 Å². The molecule has 2 aromatic carbocycles. The number of carbonyl (C=O) groups is 2. The van der Waals surface area contributed by atoms with Gasteiger partial charge in [-0.3, -0.25) is 24.3 Å². The van der Waals surface area contributed by atoms with Crippen molar-refractivity contribution in [3.05, 3.63) is 92.6 Å². The first-order valence-corrected chi connectivity index (χ1v) is 16.5. The smallest absolute Gasteiger partial charge is 0.320 e. The molecule has 1 amide bonds. The molecule has 1 saturated heterocycles. The van der Waals surface area contributed by atoms with Gasteiger partial charge in [-0.2, -0.15) is 5.10 Å². The molecule has 49 heavy (non-hydrogen) atoms. The summed E-state index contributed by atoms with van der Waals surface area (Å²) in [5.74, 6) is -0.0672. The van der Waals surface area contributed by atoms with Gasteiger partial charge in [-0.15, -0.1) is 0 Å². The number of nitrogens with one attached hydrogen (secondary N) is 3. The van der Waals surface area contributed by atoms with Gasteiger partial charge in [0.15, 0.2) is 0 Å². The number of amides is 1. The van der Waals surface area contributed by atoms with E-state index in [0.29, 0.717) is 80.3 Å². The zero-order valence-electron chi connectivity index (χ0n) is 27.1.